The average molecular weight is 468 g/mol. The number of benzene rings is 2. The SMILES string of the molecule is Cn1cc2cccc(C(=O)N[C@]3(c4ccc(OC(F)(F)F)cc4)CCOc4cccnc43)c2n1. The van der Waals surface area contributed by atoms with Gasteiger partial charge in [-0.2, -0.15) is 5.10 Å². The van der Waals surface area contributed by atoms with Gasteiger partial charge in [0.05, 0.1) is 12.2 Å². The fourth-order valence-corrected chi connectivity index (χ4v) is 4.29. The number of carbonyl (C=O) groups is 1. The lowest BCUT2D eigenvalue weighted by molar-refractivity contribution is -0.274. The molecule has 1 N–H and O–H groups in total. The highest BCUT2D eigenvalue weighted by molar-refractivity contribution is 6.05. The minimum absolute atomic E-state index is 0.271. The third-order valence-corrected chi connectivity index (χ3v) is 5.71. The average Bonchev–Trinajstić information content (AvgIpc) is 3.19. The lowest BCUT2D eigenvalue weighted by Gasteiger charge is -2.39. The molecule has 0 fully saturated rings. The summed E-state index contributed by atoms with van der Waals surface area (Å²) in [6.07, 6.45) is -1.09. The van der Waals surface area contributed by atoms with Gasteiger partial charge in [0.25, 0.3) is 5.91 Å². The zero-order valence-electron chi connectivity index (χ0n) is 18.0. The molecule has 10 heteroatoms. The number of aromatic nitrogens is 3. The van der Waals surface area contributed by atoms with E-state index in [2.05, 4.69) is 20.1 Å². The third kappa shape index (κ3) is 3.91. The zero-order valence-corrected chi connectivity index (χ0v) is 18.0. The van der Waals surface area contributed by atoms with Crippen LogP contribution in [0.4, 0.5) is 13.2 Å². The molecule has 0 unspecified atom stereocenters. The number of halogens is 3. The highest BCUT2D eigenvalue weighted by Gasteiger charge is 2.43. The minimum Gasteiger partial charge on any atom is -0.491 e. The Morgan fingerprint density at radius 1 is 1.15 bits per heavy atom. The Labute approximate surface area is 192 Å². The molecule has 174 valence electrons. The molecule has 0 spiro atoms. The summed E-state index contributed by atoms with van der Waals surface area (Å²) in [7, 11) is 1.77. The predicted molar refractivity (Wildman–Crippen MR) is 116 cm³/mol. The summed E-state index contributed by atoms with van der Waals surface area (Å²) >= 11 is 0. The van der Waals surface area contributed by atoms with Crippen molar-refractivity contribution in [3.8, 4) is 11.5 Å². The number of amides is 1. The topological polar surface area (TPSA) is 78.3 Å². The Morgan fingerprint density at radius 3 is 2.71 bits per heavy atom. The second-order valence-corrected chi connectivity index (χ2v) is 7.93. The maximum absolute atomic E-state index is 13.6. The van der Waals surface area contributed by atoms with Crippen LogP contribution in [0.3, 0.4) is 0 Å². The summed E-state index contributed by atoms with van der Waals surface area (Å²) in [6, 6.07) is 14.2. The first kappa shape index (κ1) is 21.7. The molecular weight excluding hydrogens is 449 g/mol. The number of ether oxygens (including phenoxy) is 2. The molecule has 0 aliphatic carbocycles. The van der Waals surface area contributed by atoms with E-state index in [4.69, 9.17) is 4.74 Å². The van der Waals surface area contributed by atoms with E-state index in [1.807, 2.05) is 12.3 Å². The van der Waals surface area contributed by atoms with Gasteiger partial charge in [-0.3, -0.25) is 14.5 Å². The van der Waals surface area contributed by atoms with Crippen molar-refractivity contribution >= 4 is 16.8 Å². The van der Waals surface area contributed by atoms with Crippen molar-refractivity contribution < 1.29 is 27.4 Å². The van der Waals surface area contributed by atoms with Crippen LogP contribution in [-0.4, -0.2) is 33.6 Å². The number of hydrogen-bond donors (Lipinski definition) is 1. The van der Waals surface area contributed by atoms with Crippen LogP contribution in [0, 0.1) is 0 Å². The first-order chi connectivity index (χ1) is 16.2. The number of hydrogen-bond acceptors (Lipinski definition) is 5. The maximum Gasteiger partial charge on any atom is 0.573 e. The Hall–Kier alpha value is -4.08. The molecule has 2 aromatic carbocycles. The normalized spacial score (nSPS) is 17.6. The van der Waals surface area contributed by atoms with Crippen molar-refractivity contribution in [1.29, 1.82) is 0 Å². The predicted octanol–water partition coefficient (Wildman–Crippen LogP) is 4.32. The largest absolute Gasteiger partial charge is 0.573 e. The smallest absolute Gasteiger partial charge is 0.491 e. The molecule has 1 amide bonds. The summed E-state index contributed by atoms with van der Waals surface area (Å²) in [5.41, 5.74) is 0.789. The van der Waals surface area contributed by atoms with Crippen molar-refractivity contribution in [2.75, 3.05) is 6.61 Å². The summed E-state index contributed by atoms with van der Waals surface area (Å²) in [4.78, 5) is 18.1. The van der Waals surface area contributed by atoms with Gasteiger partial charge < -0.3 is 14.8 Å². The van der Waals surface area contributed by atoms with Crippen molar-refractivity contribution in [3.63, 3.8) is 0 Å². The van der Waals surface area contributed by atoms with Crippen LogP contribution in [0.2, 0.25) is 0 Å². The van der Waals surface area contributed by atoms with E-state index in [-0.39, 0.29) is 12.4 Å². The van der Waals surface area contributed by atoms with E-state index in [9.17, 15) is 18.0 Å². The number of carbonyl (C=O) groups excluding carboxylic acids is 1. The molecule has 0 saturated carbocycles. The summed E-state index contributed by atoms with van der Waals surface area (Å²) in [5.74, 6) is -0.261. The van der Waals surface area contributed by atoms with Crippen molar-refractivity contribution in [1.82, 2.24) is 20.1 Å². The fourth-order valence-electron chi connectivity index (χ4n) is 4.29. The molecule has 0 bridgehead atoms. The molecule has 1 aliphatic heterocycles. The van der Waals surface area contributed by atoms with E-state index in [1.165, 1.54) is 24.3 Å². The lowest BCUT2D eigenvalue weighted by atomic mass is 9.81. The zero-order chi connectivity index (χ0) is 23.9. The molecule has 0 saturated heterocycles. The van der Waals surface area contributed by atoms with Crippen molar-refractivity contribution in [3.05, 3.63) is 83.8 Å². The highest BCUT2D eigenvalue weighted by Crippen LogP contribution is 2.41. The van der Waals surface area contributed by atoms with Crippen LogP contribution in [0.15, 0.2) is 67.0 Å². The van der Waals surface area contributed by atoms with Gasteiger partial charge >= 0.3 is 6.36 Å². The molecule has 7 nitrogen and oxygen atoms in total. The summed E-state index contributed by atoms with van der Waals surface area (Å²) in [5, 5.41) is 8.31. The van der Waals surface area contributed by atoms with Crippen molar-refractivity contribution in [2.45, 2.75) is 18.3 Å². The quantitative estimate of drug-likeness (QED) is 0.483. The van der Waals surface area contributed by atoms with Gasteiger partial charge in [-0.15, -0.1) is 13.2 Å². The fraction of sp³-hybridized carbons (Fsp3) is 0.208. The first-order valence-corrected chi connectivity index (χ1v) is 10.4. The van der Waals surface area contributed by atoms with Gasteiger partial charge in [-0.25, -0.2) is 0 Å². The van der Waals surface area contributed by atoms with Gasteiger partial charge in [-0.05, 0) is 35.9 Å². The van der Waals surface area contributed by atoms with Gasteiger partial charge in [0.15, 0.2) is 0 Å². The molecule has 5 rings (SSSR count). The van der Waals surface area contributed by atoms with Gasteiger partial charge in [0, 0.05) is 31.2 Å². The van der Waals surface area contributed by atoms with E-state index >= 15 is 0 Å². The Morgan fingerprint density at radius 2 is 1.94 bits per heavy atom. The van der Waals surface area contributed by atoms with Crippen LogP contribution >= 0.6 is 0 Å². The van der Waals surface area contributed by atoms with E-state index < -0.39 is 17.8 Å². The molecule has 34 heavy (non-hydrogen) atoms. The third-order valence-electron chi connectivity index (χ3n) is 5.71. The van der Waals surface area contributed by atoms with Crippen LogP contribution < -0.4 is 14.8 Å². The standard InChI is InChI=1S/C24H19F3N4O3/c1-31-14-15-4-2-5-18(20(15)30-31)22(32)29-23(11-13-33-19-6-3-12-28-21(19)23)16-7-9-17(10-8-16)34-24(25,26)27/h2-10,12,14H,11,13H2,1H3,(H,29,32)/t23-/m0/s1. The number of alkyl halides is 3. The molecule has 1 aliphatic rings. The number of nitrogens with one attached hydrogen (secondary N) is 1. The molecule has 0 radical (unpaired) electrons. The van der Waals surface area contributed by atoms with Crippen LogP contribution in [0.5, 0.6) is 11.5 Å². The van der Waals surface area contributed by atoms with E-state index in [1.54, 1.807) is 42.2 Å². The summed E-state index contributed by atoms with van der Waals surface area (Å²) in [6.45, 7) is 0.271. The Kier molecular flexibility index (Phi) is 5.15. The van der Waals surface area contributed by atoms with Gasteiger partial charge in [0.1, 0.15) is 28.2 Å². The van der Waals surface area contributed by atoms with Gasteiger partial charge in [-0.1, -0.05) is 24.3 Å². The number of aryl methyl sites for hydroxylation is 1. The minimum atomic E-state index is -4.80. The Bertz CT molecular complexity index is 1370. The molecule has 4 aromatic rings. The van der Waals surface area contributed by atoms with Gasteiger partial charge in [0.2, 0.25) is 0 Å². The number of fused-ring (bicyclic) bond motifs is 2. The maximum atomic E-state index is 13.6. The number of nitrogens with zero attached hydrogens (tertiary/aromatic N) is 3. The van der Waals surface area contributed by atoms with Crippen LogP contribution in [0.25, 0.3) is 10.9 Å². The second-order valence-electron chi connectivity index (χ2n) is 7.93. The van der Waals surface area contributed by atoms with Crippen LogP contribution in [0.1, 0.15) is 28.0 Å². The molecule has 3 heterocycles. The summed E-state index contributed by atoms with van der Waals surface area (Å²) < 4.78 is 49.3. The number of rotatable bonds is 4. The molecule has 1 atom stereocenters. The number of pyridine rings is 1. The molecule has 2 aromatic heterocycles. The van der Waals surface area contributed by atoms with Crippen molar-refractivity contribution in [2.24, 2.45) is 7.05 Å². The Balaban J connectivity index is 1.59. The van der Waals surface area contributed by atoms with E-state index in [0.29, 0.717) is 34.5 Å². The van der Waals surface area contributed by atoms with Crippen LogP contribution in [-0.2, 0) is 12.6 Å². The lowest BCUT2D eigenvalue weighted by Crippen LogP contribution is -2.50. The second kappa shape index (κ2) is 8.05. The van der Waals surface area contributed by atoms with E-state index in [0.717, 1.165) is 5.39 Å². The monoisotopic (exact) mass is 468 g/mol. The molecular formula is C24H19F3N4O3. The highest BCUT2D eigenvalue weighted by atomic mass is 19.4. The first-order valence-electron chi connectivity index (χ1n) is 10.4.